The van der Waals surface area contributed by atoms with Crippen LogP contribution in [0.5, 0.6) is 0 Å². The molecular formula is C26H56F3N3O4Si3. The zero-order valence-electron chi connectivity index (χ0n) is 26.4. The topological polar surface area (TPSA) is 63.3 Å². The second kappa shape index (κ2) is 14.6. The number of nitrogens with one attached hydrogen (secondary N) is 1. The summed E-state index contributed by atoms with van der Waals surface area (Å²) in [6.45, 7) is 21.3. The van der Waals surface area contributed by atoms with Crippen LogP contribution in [0.4, 0.5) is 18.0 Å². The lowest BCUT2D eigenvalue weighted by molar-refractivity contribution is -0.132. The summed E-state index contributed by atoms with van der Waals surface area (Å²) < 4.78 is 51.4. The first-order valence-corrected chi connectivity index (χ1v) is 23.5. The van der Waals surface area contributed by atoms with Crippen molar-refractivity contribution >= 4 is 31.0 Å². The van der Waals surface area contributed by atoms with E-state index in [1.54, 1.807) is 0 Å². The van der Waals surface area contributed by atoms with Crippen LogP contribution in [-0.2, 0) is 13.7 Å². The maximum Gasteiger partial charge on any atom is 0.427 e. The standard InChI is InChI=1S/C13H28F3NO2Si2.C13H28N2O2Si/c1-18-21(19-2,11-9-13(14,15)16)17-10-7-6-8-12(17)20(3,4)5;1-13(2,3)14-12(16)17-15-10-8-7-9-11(15)18(4,5)6/h12H,6-11H2,1-5H3;11H,7-10H2,1-6H3,(H,14,16). The second-order valence-electron chi connectivity index (χ2n) is 14.1. The molecular weight excluding hydrogens is 560 g/mol. The average Bonchev–Trinajstić information content (AvgIpc) is 2.78. The number of hydrogen-bond acceptors (Lipinski definition) is 6. The van der Waals surface area contributed by atoms with Crippen LogP contribution in [0.25, 0.3) is 0 Å². The van der Waals surface area contributed by atoms with Crippen molar-refractivity contribution in [2.75, 3.05) is 27.3 Å². The number of nitrogens with zero attached hydrogens (tertiary/aromatic N) is 2. The van der Waals surface area contributed by atoms with Crippen LogP contribution in [0.3, 0.4) is 0 Å². The Morgan fingerprint density at radius 1 is 0.846 bits per heavy atom. The summed E-state index contributed by atoms with van der Waals surface area (Å²) in [5.41, 5.74) is 0.532. The Morgan fingerprint density at radius 2 is 1.33 bits per heavy atom. The van der Waals surface area contributed by atoms with E-state index in [0.717, 1.165) is 45.2 Å². The Kier molecular flexibility index (Phi) is 13.7. The highest BCUT2D eigenvalue weighted by Crippen LogP contribution is 2.35. The largest absolute Gasteiger partial charge is 0.427 e. The number of hydrogen-bond donors (Lipinski definition) is 1. The molecule has 39 heavy (non-hydrogen) atoms. The molecule has 2 rings (SSSR count). The SMILES string of the molecule is CC(C)(C)NC(=O)ON1CCCCC1[Si](C)(C)C.CO[Si](CCC(F)(F)F)(OC)N1CCCCC1[Si](C)(C)C. The zero-order valence-corrected chi connectivity index (χ0v) is 29.4. The second-order valence-corrected chi connectivity index (χ2v) is 28.2. The van der Waals surface area contributed by atoms with E-state index >= 15 is 0 Å². The van der Waals surface area contributed by atoms with Gasteiger partial charge in [-0.3, -0.25) is 4.57 Å². The van der Waals surface area contributed by atoms with E-state index in [2.05, 4.69) is 49.2 Å². The minimum absolute atomic E-state index is 0.0511. The van der Waals surface area contributed by atoms with E-state index in [9.17, 15) is 18.0 Å². The van der Waals surface area contributed by atoms with Crippen molar-refractivity contribution in [2.45, 2.75) is 134 Å². The summed E-state index contributed by atoms with van der Waals surface area (Å²) in [6, 6.07) is -0.0511. The monoisotopic (exact) mass is 615 g/mol. The highest BCUT2D eigenvalue weighted by Gasteiger charge is 2.52. The number of amides is 1. The quantitative estimate of drug-likeness (QED) is 0.295. The van der Waals surface area contributed by atoms with Crippen LogP contribution in [0.2, 0.25) is 45.3 Å². The minimum atomic E-state index is -4.17. The van der Waals surface area contributed by atoms with Gasteiger partial charge < -0.3 is 19.0 Å². The van der Waals surface area contributed by atoms with Crippen LogP contribution < -0.4 is 5.32 Å². The fourth-order valence-corrected chi connectivity index (χ4v) is 14.6. The van der Waals surface area contributed by atoms with E-state index < -0.39 is 37.5 Å². The third-order valence-electron chi connectivity index (χ3n) is 7.43. The predicted molar refractivity (Wildman–Crippen MR) is 160 cm³/mol. The van der Waals surface area contributed by atoms with Gasteiger partial charge in [0.05, 0.1) is 16.1 Å². The number of alkyl halides is 3. The van der Waals surface area contributed by atoms with Gasteiger partial charge in [-0.05, 0) is 53.0 Å². The number of hydroxylamine groups is 2. The first-order chi connectivity index (χ1) is 17.6. The van der Waals surface area contributed by atoms with Crippen molar-refractivity contribution < 1.29 is 31.7 Å². The predicted octanol–water partition coefficient (Wildman–Crippen LogP) is 7.06. The molecule has 2 fully saturated rings. The maximum atomic E-state index is 12.7. The molecule has 2 unspecified atom stereocenters. The van der Waals surface area contributed by atoms with Gasteiger partial charge in [-0.2, -0.15) is 13.2 Å². The molecule has 0 aliphatic carbocycles. The molecule has 7 nitrogen and oxygen atoms in total. The summed E-state index contributed by atoms with van der Waals surface area (Å²) in [7, 11) is -2.81. The number of halogens is 3. The van der Waals surface area contributed by atoms with Gasteiger partial charge in [0.2, 0.25) is 0 Å². The van der Waals surface area contributed by atoms with Gasteiger partial charge in [-0.1, -0.05) is 52.1 Å². The lowest BCUT2D eigenvalue weighted by Gasteiger charge is -2.49. The number of piperidine rings is 2. The average molecular weight is 616 g/mol. The molecule has 0 spiro atoms. The Balaban J connectivity index is 0.000000395. The minimum Gasteiger partial charge on any atom is -0.386 e. The first kappa shape index (κ1) is 36.6. The zero-order chi connectivity index (χ0) is 30.3. The van der Waals surface area contributed by atoms with Crippen molar-refractivity contribution in [2.24, 2.45) is 0 Å². The molecule has 1 amide bonds. The van der Waals surface area contributed by atoms with Gasteiger partial charge in [0.25, 0.3) is 0 Å². The van der Waals surface area contributed by atoms with E-state index in [4.69, 9.17) is 13.7 Å². The van der Waals surface area contributed by atoms with Crippen molar-refractivity contribution in [3.8, 4) is 0 Å². The molecule has 13 heteroatoms. The molecule has 0 bridgehead atoms. The van der Waals surface area contributed by atoms with E-state index in [-0.39, 0.29) is 17.7 Å². The molecule has 2 atom stereocenters. The molecule has 0 aromatic heterocycles. The molecule has 2 aliphatic rings. The van der Waals surface area contributed by atoms with Crippen LogP contribution in [0.1, 0.15) is 65.7 Å². The van der Waals surface area contributed by atoms with Crippen molar-refractivity contribution in [1.82, 2.24) is 14.9 Å². The van der Waals surface area contributed by atoms with Gasteiger partial charge in [-0.25, -0.2) is 4.79 Å². The Bertz CT molecular complexity index is 752. The Morgan fingerprint density at radius 3 is 1.77 bits per heavy atom. The summed E-state index contributed by atoms with van der Waals surface area (Å²) in [6.07, 6.45) is 1.38. The normalized spacial score (nSPS) is 22.6. The summed E-state index contributed by atoms with van der Waals surface area (Å²) in [5, 5.41) is 4.78. The van der Waals surface area contributed by atoms with Gasteiger partial charge >= 0.3 is 21.0 Å². The molecule has 232 valence electrons. The van der Waals surface area contributed by atoms with Crippen LogP contribution >= 0.6 is 0 Å². The van der Waals surface area contributed by atoms with Crippen molar-refractivity contribution in [3.63, 3.8) is 0 Å². The number of carbonyl (C=O) groups excluding carboxylic acids is 1. The lowest BCUT2D eigenvalue weighted by atomic mass is 10.1. The fourth-order valence-electron chi connectivity index (χ4n) is 5.52. The summed E-state index contributed by atoms with van der Waals surface area (Å²) >= 11 is 0. The third-order valence-corrected chi connectivity index (χ3v) is 16.4. The fraction of sp³-hybridized carbons (Fsp3) is 0.962. The Hall–Kier alpha value is -0.449. The molecule has 0 aromatic carbocycles. The molecule has 2 heterocycles. The van der Waals surface area contributed by atoms with Gasteiger partial charge in [0, 0.05) is 50.1 Å². The van der Waals surface area contributed by atoms with E-state index in [1.165, 1.54) is 20.6 Å². The molecule has 1 N–H and O–H groups in total. The third kappa shape index (κ3) is 12.5. The van der Waals surface area contributed by atoms with Crippen molar-refractivity contribution in [1.29, 1.82) is 0 Å². The first-order valence-electron chi connectivity index (χ1n) is 14.4. The molecule has 0 radical (unpaired) electrons. The number of rotatable bonds is 8. The highest BCUT2D eigenvalue weighted by atomic mass is 28.4. The molecule has 2 saturated heterocycles. The van der Waals surface area contributed by atoms with Gasteiger partial charge in [0.1, 0.15) is 0 Å². The van der Waals surface area contributed by atoms with Crippen LogP contribution in [0.15, 0.2) is 0 Å². The van der Waals surface area contributed by atoms with Gasteiger partial charge in [0.15, 0.2) is 0 Å². The summed E-state index contributed by atoms with van der Waals surface area (Å²) in [4.78, 5) is 17.4. The maximum absolute atomic E-state index is 12.7. The van der Waals surface area contributed by atoms with Crippen LogP contribution in [0, 0.1) is 0 Å². The molecule has 0 aromatic rings. The highest BCUT2D eigenvalue weighted by molar-refractivity contribution is 6.79. The Labute approximate surface area is 238 Å². The lowest BCUT2D eigenvalue weighted by Crippen LogP contribution is -2.67. The van der Waals surface area contributed by atoms with E-state index in [1.807, 2.05) is 25.8 Å². The van der Waals surface area contributed by atoms with Crippen molar-refractivity contribution in [3.05, 3.63) is 0 Å². The molecule has 0 saturated carbocycles. The smallest absolute Gasteiger partial charge is 0.386 e. The summed E-state index contributed by atoms with van der Waals surface area (Å²) in [5.74, 6) is 0. The molecule has 2 aliphatic heterocycles. The van der Waals surface area contributed by atoms with E-state index in [0.29, 0.717) is 11.3 Å². The van der Waals surface area contributed by atoms with Gasteiger partial charge in [-0.15, -0.1) is 5.06 Å². The number of carbonyl (C=O) groups is 1. The van der Waals surface area contributed by atoms with Crippen LogP contribution in [-0.4, -0.2) is 90.9 Å².